The van der Waals surface area contributed by atoms with Crippen LogP contribution in [0.15, 0.2) is 18.2 Å². The van der Waals surface area contributed by atoms with Crippen LogP contribution in [0.25, 0.3) is 11.3 Å². The first kappa shape index (κ1) is 10.5. The average Bonchev–Trinajstić information content (AvgIpc) is 2.67. The molecule has 0 bridgehead atoms. The fraction of sp³-hybridized carbons (Fsp3) is 0.312. The molecule has 1 nitrogen and oxygen atoms in total. The summed E-state index contributed by atoms with van der Waals surface area (Å²) >= 11 is 0. The summed E-state index contributed by atoms with van der Waals surface area (Å²) < 4.78 is 0. The number of hydrogen-bond donors (Lipinski definition) is 0. The van der Waals surface area contributed by atoms with Gasteiger partial charge in [0.2, 0.25) is 0 Å². The van der Waals surface area contributed by atoms with Crippen LogP contribution in [0, 0.1) is 27.7 Å². The van der Waals surface area contributed by atoms with Crippen molar-refractivity contribution in [1.29, 1.82) is 0 Å². The molecule has 1 heteroatoms. The molecular formula is C16H17N. The molecule has 86 valence electrons. The molecule has 0 aliphatic heterocycles. The Kier molecular flexibility index (Phi) is 2.12. The summed E-state index contributed by atoms with van der Waals surface area (Å²) in [5.74, 6) is 0. The van der Waals surface area contributed by atoms with Gasteiger partial charge in [-0.1, -0.05) is 18.2 Å². The zero-order valence-corrected chi connectivity index (χ0v) is 10.9. The van der Waals surface area contributed by atoms with E-state index in [9.17, 15) is 0 Å². The maximum atomic E-state index is 4.80. The lowest BCUT2D eigenvalue weighted by atomic mass is 10.0. The highest BCUT2D eigenvalue weighted by molar-refractivity contribution is 5.76. The van der Waals surface area contributed by atoms with Crippen LogP contribution in [0.4, 0.5) is 0 Å². The normalized spacial score (nSPS) is 12.5. The Labute approximate surface area is 103 Å². The van der Waals surface area contributed by atoms with E-state index in [4.69, 9.17) is 4.98 Å². The predicted octanol–water partition coefficient (Wildman–Crippen LogP) is 3.89. The van der Waals surface area contributed by atoms with Crippen molar-refractivity contribution < 1.29 is 0 Å². The van der Waals surface area contributed by atoms with Gasteiger partial charge >= 0.3 is 0 Å². The third-order valence-electron chi connectivity index (χ3n) is 4.14. The lowest BCUT2D eigenvalue weighted by Gasteiger charge is -2.10. The minimum atomic E-state index is 1.05. The number of aromatic nitrogens is 1. The van der Waals surface area contributed by atoms with Crippen LogP contribution in [0.1, 0.15) is 33.5 Å². The molecule has 0 fully saturated rings. The predicted molar refractivity (Wildman–Crippen MR) is 71.4 cm³/mol. The number of nitrogens with zero attached hydrogens (tertiary/aromatic N) is 1. The third kappa shape index (κ3) is 1.35. The van der Waals surface area contributed by atoms with Gasteiger partial charge in [0.25, 0.3) is 0 Å². The van der Waals surface area contributed by atoms with E-state index < -0.39 is 0 Å². The second-order valence-corrected chi connectivity index (χ2v) is 5.05. The first-order valence-corrected chi connectivity index (χ1v) is 6.15. The molecule has 0 unspecified atom stereocenters. The van der Waals surface area contributed by atoms with E-state index in [1.54, 1.807) is 0 Å². The summed E-state index contributed by atoms with van der Waals surface area (Å²) in [6, 6.07) is 6.53. The van der Waals surface area contributed by atoms with E-state index in [1.165, 1.54) is 39.1 Å². The molecule has 3 rings (SSSR count). The Balaban J connectivity index is 2.35. The molecular weight excluding hydrogens is 206 g/mol. The standard InChI is InChI=1S/C16H17N/c1-9-6-5-7-13-14(9)8-15-11(3)10(2)12(4)17-16(13)15/h5-7H,8H2,1-4H3. The summed E-state index contributed by atoms with van der Waals surface area (Å²) in [5, 5.41) is 0. The second kappa shape index (κ2) is 3.43. The largest absolute Gasteiger partial charge is 0.253 e. The topological polar surface area (TPSA) is 12.9 Å². The van der Waals surface area contributed by atoms with Crippen molar-refractivity contribution in [3.63, 3.8) is 0 Å². The van der Waals surface area contributed by atoms with Gasteiger partial charge in [0.1, 0.15) is 0 Å². The number of rotatable bonds is 0. The molecule has 0 spiro atoms. The van der Waals surface area contributed by atoms with Crippen molar-refractivity contribution in [2.75, 3.05) is 0 Å². The van der Waals surface area contributed by atoms with E-state index in [0.29, 0.717) is 0 Å². The first-order valence-electron chi connectivity index (χ1n) is 6.15. The molecule has 1 aliphatic rings. The van der Waals surface area contributed by atoms with Gasteiger partial charge in [0.05, 0.1) is 5.69 Å². The van der Waals surface area contributed by atoms with Gasteiger partial charge in [-0.3, -0.25) is 4.98 Å². The Morgan fingerprint density at radius 3 is 2.47 bits per heavy atom. The Hall–Kier alpha value is -1.63. The van der Waals surface area contributed by atoms with Crippen LogP contribution < -0.4 is 0 Å². The number of aryl methyl sites for hydroxylation is 2. The zero-order valence-electron chi connectivity index (χ0n) is 10.9. The second-order valence-electron chi connectivity index (χ2n) is 5.05. The van der Waals surface area contributed by atoms with Gasteiger partial charge in [0.15, 0.2) is 0 Å². The van der Waals surface area contributed by atoms with E-state index in [0.717, 1.165) is 12.1 Å². The molecule has 0 amide bonds. The van der Waals surface area contributed by atoms with Crippen LogP contribution in [-0.4, -0.2) is 4.98 Å². The maximum Gasteiger partial charge on any atom is 0.0746 e. The fourth-order valence-corrected chi connectivity index (χ4v) is 2.77. The number of benzene rings is 1. The highest BCUT2D eigenvalue weighted by Gasteiger charge is 2.24. The van der Waals surface area contributed by atoms with Crippen molar-refractivity contribution in [1.82, 2.24) is 4.98 Å². The lowest BCUT2D eigenvalue weighted by Crippen LogP contribution is -1.97. The van der Waals surface area contributed by atoms with E-state index in [1.807, 2.05) is 0 Å². The van der Waals surface area contributed by atoms with Gasteiger partial charge in [-0.25, -0.2) is 0 Å². The molecule has 1 aliphatic carbocycles. The molecule has 1 aromatic carbocycles. The average molecular weight is 223 g/mol. The van der Waals surface area contributed by atoms with Crippen molar-refractivity contribution in [3.05, 3.63) is 51.7 Å². The molecule has 0 atom stereocenters. The Morgan fingerprint density at radius 1 is 0.941 bits per heavy atom. The van der Waals surface area contributed by atoms with E-state index >= 15 is 0 Å². The van der Waals surface area contributed by atoms with Crippen LogP contribution >= 0.6 is 0 Å². The first-order chi connectivity index (χ1) is 8.09. The third-order valence-corrected chi connectivity index (χ3v) is 4.14. The fourth-order valence-electron chi connectivity index (χ4n) is 2.77. The summed E-state index contributed by atoms with van der Waals surface area (Å²) in [5.41, 5.74) is 10.7. The highest BCUT2D eigenvalue weighted by atomic mass is 14.7. The van der Waals surface area contributed by atoms with E-state index in [2.05, 4.69) is 45.9 Å². The van der Waals surface area contributed by atoms with Crippen molar-refractivity contribution in [2.24, 2.45) is 0 Å². The lowest BCUT2D eigenvalue weighted by molar-refractivity contribution is 1.08. The summed E-state index contributed by atoms with van der Waals surface area (Å²) in [7, 11) is 0. The van der Waals surface area contributed by atoms with Crippen LogP contribution in [0.5, 0.6) is 0 Å². The van der Waals surface area contributed by atoms with Crippen molar-refractivity contribution >= 4 is 0 Å². The molecule has 2 aromatic rings. The van der Waals surface area contributed by atoms with Crippen molar-refractivity contribution in [3.8, 4) is 11.3 Å². The molecule has 1 heterocycles. The minimum Gasteiger partial charge on any atom is -0.253 e. The SMILES string of the molecule is Cc1cccc2c1Cc1c-2nc(C)c(C)c1C. The van der Waals surface area contributed by atoms with E-state index in [-0.39, 0.29) is 0 Å². The Morgan fingerprint density at radius 2 is 1.71 bits per heavy atom. The number of pyridine rings is 1. The molecule has 17 heavy (non-hydrogen) atoms. The number of hydrogen-bond acceptors (Lipinski definition) is 1. The van der Waals surface area contributed by atoms with Crippen molar-refractivity contribution in [2.45, 2.75) is 34.1 Å². The van der Waals surface area contributed by atoms with Gasteiger partial charge < -0.3 is 0 Å². The quantitative estimate of drug-likeness (QED) is 0.563. The molecule has 1 aromatic heterocycles. The maximum absolute atomic E-state index is 4.80. The van der Waals surface area contributed by atoms with Crippen LogP contribution in [0.2, 0.25) is 0 Å². The minimum absolute atomic E-state index is 1.05. The van der Waals surface area contributed by atoms with Crippen LogP contribution in [0.3, 0.4) is 0 Å². The number of fused-ring (bicyclic) bond motifs is 3. The molecule has 0 N–H and O–H groups in total. The molecule has 0 saturated carbocycles. The molecule has 0 saturated heterocycles. The zero-order chi connectivity index (χ0) is 12.2. The highest BCUT2D eigenvalue weighted by Crippen LogP contribution is 2.39. The van der Waals surface area contributed by atoms with Crippen LogP contribution in [-0.2, 0) is 6.42 Å². The summed E-state index contributed by atoms with van der Waals surface area (Å²) in [6.07, 6.45) is 1.05. The smallest absolute Gasteiger partial charge is 0.0746 e. The van der Waals surface area contributed by atoms with Gasteiger partial charge in [-0.2, -0.15) is 0 Å². The summed E-state index contributed by atoms with van der Waals surface area (Å²) in [4.78, 5) is 4.80. The molecule has 0 radical (unpaired) electrons. The van der Waals surface area contributed by atoms with Gasteiger partial charge in [-0.05, 0) is 55.5 Å². The Bertz CT molecular complexity index is 624. The van der Waals surface area contributed by atoms with Gasteiger partial charge in [0, 0.05) is 17.7 Å². The monoisotopic (exact) mass is 223 g/mol. The van der Waals surface area contributed by atoms with Gasteiger partial charge in [-0.15, -0.1) is 0 Å². The summed E-state index contributed by atoms with van der Waals surface area (Å²) in [6.45, 7) is 8.70.